The number of aliphatic hydroxyl groups is 1. The number of carbonyl (C=O) groups excluding carboxylic acids is 1. The van der Waals surface area contributed by atoms with Crippen LogP contribution in [0.15, 0.2) is 18.2 Å². The summed E-state index contributed by atoms with van der Waals surface area (Å²) in [4.78, 5) is 12.2. The molecule has 1 aromatic rings. The van der Waals surface area contributed by atoms with Crippen LogP contribution in [0.4, 0.5) is 0 Å². The van der Waals surface area contributed by atoms with Crippen molar-refractivity contribution in [3.8, 4) is 0 Å². The van der Waals surface area contributed by atoms with Crippen molar-refractivity contribution in [1.82, 2.24) is 5.32 Å². The van der Waals surface area contributed by atoms with Crippen LogP contribution in [-0.2, 0) is 0 Å². The molecule has 19 heavy (non-hydrogen) atoms. The number of benzene rings is 1. The predicted molar refractivity (Wildman–Crippen MR) is 78.3 cm³/mol. The molecule has 1 rings (SSSR count). The number of rotatable bonds is 5. The van der Waals surface area contributed by atoms with Gasteiger partial charge in [0.2, 0.25) is 0 Å². The molecule has 0 radical (unpaired) electrons. The lowest BCUT2D eigenvalue weighted by molar-refractivity contribution is 0.0901. The first-order valence-corrected chi connectivity index (χ1v) is 6.75. The van der Waals surface area contributed by atoms with Gasteiger partial charge in [0, 0.05) is 12.1 Å². The van der Waals surface area contributed by atoms with Gasteiger partial charge in [-0.15, -0.1) is 0 Å². The van der Waals surface area contributed by atoms with Gasteiger partial charge in [0.05, 0.1) is 6.10 Å². The maximum Gasteiger partial charge on any atom is 0.251 e. The minimum Gasteiger partial charge on any atom is -0.393 e. The van der Waals surface area contributed by atoms with Crippen LogP contribution in [0.2, 0.25) is 0 Å². The van der Waals surface area contributed by atoms with Crippen LogP contribution < -0.4 is 5.32 Å². The van der Waals surface area contributed by atoms with Crippen LogP contribution in [0, 0.1) is 19.3 Å². The van der Waals surface area contributed by atoms with Crippen molar-refractivity contribution < 1.29 is 9.90 Å². The lowest BCUT2D eigenvalue weighted by atomic mass is 9.87. The third-order valence-electron chi connectivity index (χ3n) is 3.21. The Hall–Kier alpha value is -1.35. The second-order valence-corrected chi connectivity index (χ2v) is 6.22. The highest BCUT2D eigenvalue weighted by molar-refractivity contribution is 5.95. The van der Waals surface area contributed by atoms with E-state index in [9.17, 15) is 9.90 Å². The molecular weight excluding hydrogens is 238 g/mol. The van der Waals surface area contributed by atoms with Gasteiger partial charge in [0.25, 0.3) is 5.91 Å². The average Bonchev–Trinajstić information content (AvgIpc) is 2.27. The predicted octanol–water partition coefficient (Wildman–Crippen LogP) is 2.83. The van der Waals surface area contributed by atoms with E-state index in [1.807, 2.05) is 45.9 Å². The fourth-order valence-electron chi connectivity index (χ4n) is 2.27. The number of aliphatic hydroxyl groups excluding tert-OH is 1. The summed E-state index contributed by atoms with van der Waals surface area (Å²) in [5.74, 6) is -0.0418. The lowest BCUT2D eigenvalue weighted by Gasteiger charge is -2.26. The topological polar surface area (TPSA) is 49.3 Å². The Morgan fingerprint density at radius 3 is 2.58 bits per heavy atom. The summed E-state index contributed by atoms with van der Waals surface area (Å²) in [6, 6.07) is 5.88. The van der Waals surface area contributed by atoms with E-state index in [1.165, 1.54) is 0 Å². The van der Waals surface area contributed by atoms with Crippen LogP contribution >= 0.6 is 0 Å². The highest BCUT2D eigenvalue weighted by Crippen LogP contribution is 2.21. The first kappa shape index (κ1) is 15.7. The van der Waals surface area contributed by atoms with E-state index in [1.54, 1.807) is 6.92 Å². The van der Waals surface area contributed by atoms with E-state index in [0.29, 0.717) is 13.0 Å². The van der Waals surface area contributed by atoms with Gasteiger partial charge in [0.1, 0.15) is 0 Å². The lowest BCUT2D eigenvalue weighted by Crippen LogP contribution is -2.36. The summed E-state index contributed by atoms with van der Waals surface area (Å²) in [5, 5.41) is 12.4. The summed E-state index contributed by atoms with van der Waals surface area (Å²) < 4.78 is 0. The quantitative estimate of drug-likeness (QED) is 0.858. The number of carbonyl (C=O) groups is 1. The fourth-order valence-corrected chi connectivity index (χ4v) is 2.27. The maximum absolute atomic E-state index is 12.2. The van der Waals surface area contributed by atoms with Crippen LogP contribution in [-0.4, -0.2) is 23.7 Å². The molecule has 0 aliphatic rings. The molecule has 0 heterocycles. The number of hydrogen-bond donors (Lipinski definition) is 2. The van der Waals surface area contributed by atoms with E-state index in [0.717, 1.165) is 16.7 Å². The third-order valence-corrected chi connectivity index (χ3v) is 3.21. The van der Waals surface area contributed by atoms with Gasteiger partial charge in [-0.1, -0.05) is 31.5 Å². The zero-order valence-electron chi connectivity index (χ0n) is 12.6. The molecule has 0 fully saturated rings. The molecule has 1 aromatic carbocycles. The summed E-state index contributed by atoms with van der Waals surface area (Å²) in [5.41, 5.74) is 2.69. The first-order valence-electron chi connectivity index (χ1n) is 6.75. The Morgan fingerprint density at radius 2 is 2.00 bits per heavy atom. The smallest absolute Gasteiger partial charge is 0.251 e. The normalized spacial score (nSPS) is 13.2. The summed E-state index contributed by atoms with van der Waals surface area (Å²) in [6.45, 7) is 10.3. The highest BCUT2D eigenvalue weighted by atomic mass is 16.3. The summed E-state index contributed by atoms with van der Waals surface area (Å²) >= 11 is 0. The van der Waals surface area contributed by atoms with Crippen molar-refractivity contribution in [2.75, 3.05) is 6.54 Å². The van der Waals surface area contributed by atoms with Crippen LogP contribution in [0.25, 0.3) is 0 Å². The van der Waals surface area contributed by atoms with Gasteiger partial charge >= 0.3 is 0 Å². The van der Waals surface area contributed by atoms with Gasteiger partial charge in [0.15, 0.2) is 0 Å². The van der Waals surface area contributed by atoms with Gasteiger partial charge in [-0.3, -0.25) is 4.79 Å². The first-order chi connectivity index (χ1) is 8.71. The van der Waals surface area contributed by atoms with E-state index in [4.69, 9.17) is 0 Å². The Balaban J connectivity index is 2.68. The van der Waals surface area contributed by atoms with Gasteiger partial charge in [-0.25, -0.2) is 0 Å². The molecule has 1 atom stereocenters. The molecule has 0 aromatic heterocycles. The molecule has 0 aliphatic heterocycles. The Labute approximate surface area is 116 Å². The SMILES string of the molecule is Cc1ccc(C)c(C(=O)NCC(C)(C)CC(C)O)c1. The highest BCUT2D eigenvalue weighted by Gasteiger charge is 2.21. The molecule has 1 unspecified atom stereocenters. The molecule has 0 saturated carbocycles. The Bertz CT molecular complexity index is 450. The zero-order valence-corrected chi connectivity index (χ0v) is 12.6. The van der Waals surface area contributed by atoms with Gasteiger partial charge in [-0.2, -0.15) is 0 Å². The molecule has 0 bridgehead atoms. The number of nitrogens with one attached hydrogen (secondary N) is 1. The molecule has 0 saturated heterocycles. The second-order valence-electron chi connectivity index (χ2n) is 6.22. The van der Waals surface area contributed by atoms with Crippen molar-refractivity contribution in [3.05, 3.63) is 34.9 Å². The monoisotopic (exact) mass is 263 g/mol. The molecule has 0 spiro atoms. The second kappa shape index (κ2) is 6.20. The van der Waals surface area contributed by atoms with E-state index in [-0.39, 0.29) is 17.4 Å². The van der Waals surface area contributed by atoms with Gasteiger partial charge < -0.3 is 10.4 Å². The van der Waals surface area contributed by atoms with Crippen molar-refractivity contribution in [3.63, 3.8) is 0 Å². The molecule has 3 nitrogen and oxygen atoms in total. The molecule has 3 heteroatoms. The minimum atomic E-state index is -0.354. The third kappa shape index (κ3) is 5.03. The molecule has 0 aliphatic carbocycles. The minimum absolute atomic E-state index is 0.0418. The van der Waals surface area contributed by atoms with Crippen molar-refractivity contribution in [2.45, 2.75) is 47.1 Å². The molecule has 2 N–H and O–H groups in total. The number of hydrogen-bond acceptors (Lipinski definition) is 2. The van der Waals surface area contributed by atoms with Gasteiger partial charge in [-0.05, 0) is 44.2 Å². The fraction of sp³-hybridized carbons (Fsp3) is 0.562. The Kier molecular flexibility index (Phi) is 5.12. The van der Waals surface area contributed by atoms with E-state index in [2.05, 4.69) is 5.32 Å². The number of aryl methyl sites for hydroxylation is 2. The van der Waals surface area contributed by atoms with E-state index < -0.39 is 0 Å². The molecular formula is C16H25NO2. The average molecular weight is 263 g/mol. The number of amides is 1. The van der Waals surface area contributed by atoms with Crippen molar-refractivity contribution >= 4 is 5.91 Å². The summed E-state index contributed by atoms with van der Waals surface area (Å²) in [7, 11) is 0. The van der Waals surface area contributed by atoms with Crippen LogP contribution in [0.3, 0.4) is 0 Å². The Morgan fingerprint density at radius 1 is 1.37 bits per heavy atom. The van der Waals surface area contributed by atoms with E-state index >= 15 is 0 Å². The van der Waals surface area contributed by atoms with Crippen LogP contribution in [0.1, 0.15) is 48.7 Å². The zero-order chi connectivity index (χ0) is 14.6. The summed E-state index contributed by atoms with van der Waals surface area (Å²) in [6.07, 6.45) is 0.313. The molecule has 106 valence electrons. The largest absolute Gasteiger partial charge is 0.393 e. The van der Waals surface area contributed by atoms with Crippen LogP contribution in [0.5, 0.6) is 0 Å². The maximum atomic E-state index is 12.2. The van der Waals surface area contributed by atoms with Crippen molar-refractivity contribution in [2.24, 2.45) is 5.41 Å². The van der Waals surface area contributed by atoms with Crippen molar-refractivity contribution in [1.29, 1.82) is 0 Å². The standard InChI is InChI=1S/C16H25NO2/c1-11-6-7-12(2)14(8-11)15(19)17-10-16(4,5)9-13(3)18/h6-8,13,18H,9-10H2,1-5H3,(H,17,19). The molecule has 1 amide bonds.